The van der Waals surface area contributed by atoms with Gasteiger partial charge in [-0.25, -0.2) is 0 Å². The van der Waals surface area contributed by atoms with E-state index in [-0.39, 0.29) is 6.10 Å². The van der Waals surface area contributed by atoms with Gasteiger partial charge in [0.05, 0.1) is 6.10 Å². The molecular formula is C15H32N2O. The number of nitrogens with one attached hydrogen (secondary N) is 1. The first-order chi connectivity index (χ1) is 8.49. The second kappa shape index (κ2) is 8.13. The topological polar surface area (TPSA) is 35.5 Å². The second-order valence-electron chi connectivity index (χ2n) is 6.56. The smallest absolute Gasteiger partial charge is 0.0791 e. The van der Waals surface area contributed by atoms with Gasteiger partial charge in [0.25, 0.3) is 0 Å². The maximum atomic E-state index is 10.0. The molecule has 2 N–H and O–H groups in total. The van der Waals surface area contributed by atoms with Crippen LogP contribution in [0.1, 0.15) is 46.5 Å². The second-order valence-corrected chi connectivity index (χ2v) is 6.56. The van der Waals surface area contributed by atoms with Crippen LogP contribution in [0.15, 0.2) is 0 Å². The highest BCUT2D eigenvalue weighted by molar-refractivity contribution is 4.78. The molecule has 1 aliphatic rings. The molecule has 1 saturated carbocycles. The normalized spacial score (nSPS) is 26.8. The fourth-order valence-electron chi connectivity index (χ4n) is 2.77. The number of hydrogen-bond donors (Lipinski definition) is 2. The highest BCUT2D eigenvalue weighted by Crippen LogP contribution is 2.26. The standard InChI is InChI=1S/C15H32N2O/c1-12(2)9-16-10-15(18)11-17(4)14-7-5-13(3)6-8-14/h12-16,18H,5-11H2,1-4H3. The number of aliphatic hydroxyl groups excluding tert-OH is 1. The molecule has 1 fully saturated rings. The summed E-state index contributed by atoms with van der Waals surface area (Å²) in [4.78, 5) is 2.35. The van der Waals surface area contributed by atoms with Crippen LogP contribution < -0.4 is 5.32 Å². The van der Waals surface area contributed by atoms with E-state index in [4.69, 9.17) is 0 Å². The molecule has 0 amide bonds. The van der Waals surface area contributed by atoms with Gasteiger partial charge in [0.2, 0.25) is 0 Å². The predicted octanol–water partition coefficient (Wildman–Crippen LogP) is 2.10. The minimum atomic E-state index is -0.243. The maximum Gasteiger partial charge on any atom is 0.0791 e. The first kappa shape index (κ1) is 15.9. The lowest BCUT2D eigenvalue weighted by atomic mass is 9.86. The van der Waals surface area contributed by atoms with Crippen LogP contribution in [0, 0.1) is 11.8 Å². The van der Waals surface area contributed by atoms with Crippen molar-refractivity contribution >= 4 is 0 Å². The summed E-state index contributed by atoms with van der Waals surface area (Å²) < 4.78 is 0. The highest BCUT2D eigenvalue weighted by Gasteiger charge is 2.22. The minimum absolute atomic E-state index is 0.243. The molecular weight excluding hydrogens is 224 g/mol. The van der Waals surface area contributed by atoms with Gasteiger partial charge in [0.1, 0.15) is 0 Å². The molecule has 0 aromatic heterocycles. The molecule has 1 unspecified atom stereocenters. The Kier molecular flexibility index (Phi) is 7.20. The average molecular weight is 256 g/mol. The fourth-order valence-corrected chi connectivity index (χ4v) is 2.77. The van der Waals surface area contributed by atoms with Crippen LogP contribution in [-0.2, 0) is 0 Å². The van der Waals surface area contributed by atoms with Gasteiger partial charge in [0.15, 0.2) is 0 Å². The number of rotatable bonds is 7. The molecule has 3 heteroatoms. The van der Waals surface area contributed by atoms with Crippen molar-refractivity contribution in [3.8, 4) is 0 Å². The predicted molar refractivity (Wildman–Crippen MR) is 77.8 cm³/mol. The lowest BCUT2D eigenvalue weighted by Gasteiger charge is -2.34. The van der Waals surface area contributed by atoms with E-state index in [1.54, 1.807) is 0 Å². The molecule has 1 atom stereocenters. The number of hydrogen-bond acceptors (Lipinski definition) is 3. The van der Waals surface area contributed by atoms with Crippen molar-refractivity contribution in [1.29, 1.82) is 0 Å². The van der Waals surface area contributed by atoms with Gasteiger partial charge in [-0.15, -0.1) is 0 Å². The Morgan fingerprint density at radius 3 is 2.33 bits per heavy atom. The SMILES string of the molecule is CC(C)CNCC(O)CN(C)C1CCC(C)CC1. The molecule has 0 aromatic carbocycles. The molecule has 0 aliphatic heterocycles. The third-order valence-corrected chi connectivity index (χ3v) is 4.04. The Hall–Kier alpha value is -0.120. The third-order valence-electron chi connectivity index (χ3n) is 4.04. The van der Waals surface area contributed by atoms with E-state index in [1.807, 2.05) is 0 Å². The van der Waals surface area contributed by atoms with Crippen molar-refractivity contribution in [3.05, 3.63) is 0 Å². The molecule has 108 valence electrons. The quantitative estimate of drug-likeness (QED) is 0.732. The third kappa shape index (κ3) is 6.17. The summed E-state index contributed by atoms with van der Waals surface area (Å²) in [5.74, 6) is 1.54. The summed E-state index contributed by atoms with van der Waals surface area (Å²) in [6.07, 6.45) is 5.04. The van der Waals surface area contributed by atoms with Crippen molar-refractivity contribution < 1.29 is 5.11 Å². The largest absolute Gasteiger partial charge is 0.390 e. The van der Waals surface area contributed by atoms with Crippen molar-refractivity contribution in [2.75, 3.05) is 26.7 Å². The summed E-state index contributed by atoms with van der Waals surface area (Å²) in [7, 11) is 2.16. The maximum absolute atomic E-state index is 10.0. The average Bonchev–Trinajstić information content (AvgIpc) is 2.29. The lowest BCUT2D eigenvalue weighted by molar-refractivity contribution is 0.0849. The minimum Gasteiger partial charge on any atom is -0.390 e. The summed E-state index contributed by atoms with van der Waals surface area (Å²) in [5.41, 5.74) is 0. The van der Waals surface area contributed by atoms with Crippen LogP contribution in [0.2, 0.25) is 0 Å². The zero-order chi connectivity index (χ0) is 13.5. The van der Waals surface area contributed by atoms with E-state index in [0.717, 1.165) is 19.0 Å². The Balaban J connectivity index is 2.16. The molecule has 0 heterocycles. The van der Waals surface area contributed by atoms with Crippen LogP contribution >= 0.6 is 0 Å². The fraction of sp³-hybridized carbons (Fsp3) is 1.00. The summed E-state index contributed by atoms with van der Waals surface area (Å²) in [6, 6.07) is 0.681. The van der Waals surface area contributed by atoms with Gasteiger partial charge in [-0.3, -0.25) is 0 Å². The Bertz CT molecular complexity index is 213. The van der Waals surface area contributed by atoms with Crippen LogP contribution in [0.25, 0.3) is 0 Å². The van der Waals surface area contributed by atoms with Crippen LogP contribution in [0.5, 0.6) is 0 Å². The zero-order valence-corrected chi connectivity index (χ0v) is 12.7. The van der Waals surface area contributed by atoms with Gasteiger partial charge < -0.3 is 15.3 Å². The first-order valence-electron chi connectivity index (χ1n) is 7.58. The van der Waals surface area contributed by atoms with E-state index >= 15 is 0 Å². The van der Waals surface area contributed by atoms with Gasteiger partial charge >= 0.3 is 0 Å². The lowest BCUT2D eigenvalue weighted by Crippen LogP contribution is -2.43. The number of nitrogens with zero attached hydrogens (tertiary/aromatic N) is 1. The molecule has 1 aliphatic carbocycles. The van der Waals surface area contributed by atoms with Crippen LogP contribution in [0.3, 0.4) is 0 Å². The van der Waals surface area contributed by atoms with Crippen molar-refractivity contribution in [2.24, 2.45) is 11.8 Å². The zero-order valence-electron chi connectivity index (χ0n) is 12.7. The molecule has 3 nitrogen and oxygen atoms in total. The molecule has 0 saturated heterocycles. The molecule has 0 bridgehead atoms. The number of aliphatic hydroxyl groups is 1. The van der Waals surface area contributed by atoms with Gasteiger partial charge in [-0.2, -0.15) is 0 Å². The van der Waals surface area contributed by atoms with Crippen LogP contribution in [-0.4, -0.2) is 48.8 Å². The molecule has 0 aromatic rings. The highest BCUT2D eigenvalue weighted by atomic mass is 16.3. The molecule has 0 spiro atoms. The first-order valence-corrected chi connectivity index (χ1v) is 7.58. The number of likely N-dealkylation sites (N-methyl/N-ethyl adjacent to an activating group) is 1. The summed E-state index contributed by atoms with van der Waals surface area (Å²) in [5, 5.41) is 13.3. The molecule has 0 radical (unpaired) electrons. The van der Waals surface area contributed by atoms with Gasteiger partial charge in [-0.1, -0.05) is 20.8 Å². The molecule has 18 heavy (non-hydrogen) atoms. The molecule has 1 rings (SSSR count). The Labute approximate surface area is 113 Å². The van der Waals surface area contributed by atoms with E-state index in [1.165, 1.54) is 25.7 Å². The Morgan fingerprint density at radius 1 is 1.17 bits per heavy atom. The van der Waals surface area contributed by atoms with Crippen LogP contribution in [0.4, 0.5) is 0 Å². The van der Waals surface area contributed by atoms with E-state index in [2.05, 4.69) is 38.0 Å². The van der Waals surface area contributed by atoms with Gasteiger partial charge in [-0.05, 0) is 51.1 Å². The van der Waals surface area contributed by atoms with E-state index in [9.17, 15) is 5.11 Å². The summed E-state index contributed by atoms with van der Waals surface area (Å²) >= 11 is 0. The van der Waals surface area contributed by atoms with Crippen molar-refractivity contribution in [3.63, 3.8) is 0 Å². The monoisotopic (exact) mass is 256 g/mol. The summed E-state index contributed by atoms with van der Waals surface area (Å²) in [6.45, 7) is 9.22. The van der Waals surface area contributed by atoms with Crippen molar-refractivity contribution in [1.82, 2.24) is 10.2 Å². The Morgan fingerprint density at radius 2 is 1.78 bits per heavy atom. The van der Waals surface area contributed by atoms with Crippen molar-refractivity contribution in [2.45, 2.75) is 58.6 Å². The van der Waals surface area contributed by atoms with E-state index in [0.29, 0.717) is 18.5 Å². The van der Waals surface area contributed by atoms with Gasteiger partial charge in [0, 0.05) is 19.1 Å². The van der Waals surface area contributed by atoms with E-state index < -0.39 is 0 Å².